The van der Waals surface area contributed by atoms with E-state index in [9.17, 15) is 0 Å². The second-order valence-electron chi connectivity index (χ2n) is 3.68. The quantitative estimate of drug-likeness (QED) is 0.301. The molecule has 0 amide bonds. The molecule has 0 spiro atoms. The van der Waals surface area contributed by atoms with Gasteiger partial charge in [-0.3, -0.25) is 0 Å². The fraction of sp³-hybridized carbons (Fsp3) is 0.875. The first-order valence-corrected chi connectivity index (χ1v) is 5.27. The number of fused-ring (bicyclic) bond motifs is 3. The maximum Gasteiger partial charge on any atom is 1.00 e. The molecule has 3 heterocycles. The van der Waals surface area contributed by atoms with E-state index in [1.807, 2.05) is 0 Å². The van der Waals surface area contributed by atoms with Crippen molar-refractivity contribution in [1.82, 2.24) is 10.2 Å². The standard InChI is InChI=1S/C8H14N2S2.Na/c11-8(12)9-7-5-10-3-1-6(7)2-4-10;/h6-7H,1-5H2,(H2,9,11,12);/q;+1/p-1/t7-;/m0./s1. The Hall–Kier alpha value is 1.07. The Morgan fingerprint density at radius 2 is 2.00 bits per heavy atom. The molecule has 1 atom stereocenters. The van der Waals surface area contributed by atoms with Crippen molar-refractivity contribution < 1.29 is 29.6 Å². The molecule has 0 unspecified atom stereocenters. The average molecular weight is 224 g/mol. The van der Waals surface area contributed by atoms with Crippen LogP contribution in [0, 0.1) is 5.92 Å². The minimum absolute atomic E-state index is 0. The number of rotatable bonds is 1. The normalized spacial score (nSPS) is 36.5. The summed E-state index contributed by atoms with van der Waals surface area (Å²) in [5.41, 5.74) is 0. The van der Waals surface area contributed by atoms with E-state index in [0.717, 1.165) is 12.5 Å². The van der Waals surface area contributed by atoms with E-state index in [-0.39, 0.29) is 29.6 Å². The van der Waals surface area contributed by atoms with E-state index in [1.165, 1.54) is 25.9 Å². The van der Waals surface area contributed by atoms with E-state index in [1.54, 1.807) is 0 Å². The largest absolute Gasteiger partial charge is 1.00 e. The summed E-state index contributed by atoms with van der Waals surface area (Å²) in [7, 11) is 0. The zero-order valence-electron chi connectivity index (χ0n) is 7.95. The van der Waals surface area contributed by atoms with Gasteiger partial charge in [0.25, 0.3) is 0 Å². The van der Waals surface area contributed by atoms with Crippen LogP contribution in [0.3, 0.4) is 0 Å². The molecular weight excluding hydrogens is 211 g/mol. The molecule has 0 aliphatic carbocycles. The van der Waals surface area contributed by atoms with Crippen molar-refractivity contribution in [3.8, 4) is 0 Å². The Morgan fingerprint density at radius 1 is 1.38 bits per heavy atom. The second-order valence-corrected chi connectivity index (χ2v) is 4.75. The van der Waals surface area contributed by atoms with Crippen LogP contribution in [0.15, 0.2) is 0 Å². The first-order valence-electron chi connectivity index (χ1n) is 4.45. The van der Waals surface area contributed by atoms with Crippen molar-refractivity contribution in [2.24, 2.45) is 5.92 Å². The Bertz CT molecular complexity index is 193. The Labute approximate surface area is 113 Å². The number of thiocarbonyl (C=S) groups is 1. The van der Waals surface area contributed by atoms with Crippen LogP contribution in [-0.2, 0) is 12.6 Å². The second kappa shape index (κ2) is 5.24. The number of nitrogens with one attached hydrogen (secondary N) is 1. The third-order valence-electron chi connectivity index (χ3n) is 2.96. The predicted octanol–water partition coefficient (Wildman–Crippen LogP) is -2.49. The van der Waals surface area contributed by atoms with Crippen LogP contribution < -0.4 is 34.9 Å². The summed E-state index contributed by atoms with van der Waals surface area (Å²) in [6, 6.07) is 0.539. The molecule has 2 bridgehead atoms. The van der Waals surface area contributed by atoms with Crippen molar-refractivity contribution in [1.29, 1.82) is 0 Å². The zero-order chi connectivity index (χ0) is 8.55. The minimum Gasteiger partial charge on any atom is -0.412 e. The molecule has 0 aromatic rings. The monoisotopic (exact) mass is 224 g/mol. The fourth-order valence-electron chi connectivity index (χ4n) is 2.28. The summed E-state index contributed by atoms with van der Waals surface area (Å²) < 4.78 is 0.536. The number of hydrogen-bond acceptors (Lipinski definition) is 3. The van der Waals surface area contributed by atoms with E-state index in [0.29, 0.717) is 10.4 Å². The van der Waals surface area contributed by atoms with Gasteiger partial charge in [-0.05, 0) is 31.8 Å². The molecule has 0 radical (unpaired) electrons. The molecule has 0 aromatic carbocycles. The van der Waals surface area contributed by atoms with Crippen LogP contribution in [0.2, 0.25) is 0 Å². The Balaban J connectivity index is 0.000000845. The predicted molar refractivity (Wildman–Crippen MR) is 56.1 cm³/mol. The van der Waals surface area contributed by atoms with E-state index in [2.05, 4.69) is 10.2 Å². The van der Waals surface area contributed by atoms with Gasteiger partial charge in [0.1, 0.15) is 0 Å². The van der Waals surface area contributed by atoms with Gasteiger partial charge in [-0.25, -0.2) is 0 Å². The van der Waals surface area contributed by atoms with Gasteiger partial charge in [0, 0.05) is 12.6 Å². The van der Waals surface area contributed by atoms with Crippen LogP contribution >= 0.6 is 12.2 Å². The molecule has 3 saturated heterocycles. The van der Waals surface area contributed by atoms with Crippen molar-refractivity contribution in [2.75, 3.05) is 19.6 Å². The first-order chi connectivity index (χ1) is 5.75. The molecule has 2 nitrogen and oxygen atoms in total. The van der Waals surface area contributed by atoms with Gasteiger partial charge in [0.2, 0.25) is 0 Å². The number of piperidine rings is 3. The molecule has 3 rings (SSSR count). The van der Waals surface area contributed by atoms with Crippen LogP contribution in [-0.4, -0.2) is 34.9 Å². The zero-order valence-corrected chi connectivity index (χ0v) is 11.6. The molecule has 0 saturated carbocycles. The molecule has 3 fully saturated rings. The Morgan fingerprint density at radius 3 is 2.38 bits per heavy atom. The van der Waals surface area contributed by atoms with Gasteiger partial charge < -0.3 is 35.1 Å². The summed E-state index contributed by atoms with van der Waals surface area (Å²) in [6.45, 7) is 3.68. The molecule has 3 aliphatic heterocycles. The van der Waals surface area contributed by atoms with Crippen molar-refractivity contribution in [3.05, 3.63) is 0 Å². The van der Waals surface area contributed by atoms with Crippen LogP contribution in [0.4, 0.5) is 0 Å². The smallest absolute Gasteiger partial charge is 0.412 e. The third-order valence-corrected chi connectivity index (χ3v) is 3.20. The van der Waals surface area contributed by atoms with Crippen molar-refractivity contribution >= 4 is 29.2 Å². The van der Waals surface area contributed by atoms with Gasteiger partial charge in [-0.15, -0.1) is 0 Å². The maximum absolute atomic E-state index is 4.88. The molecule has 5 heteroatoms. The van der Waals surface area contributed by atoms with Crippen molar-refractivity contribution in [2.45, 2.75) is 18.9 Å². The van der Waals surface area contributed by atoms with E-state index < -0.39 is 0 Å². The first kappa shape index (κ1) is 12.1. The molecule has 13 heavy (non-hydrogen) atoms. The van der Waals surface area contributed by atoms with Crippen LogP contribution in [0.5, 0.6) is 0 Å². The van der Waals surface area contributed by atoms with Crippen LogP contribution in [0.1, 0.15) is 12.8 Å². The summed E-state index contributed by atoms with van der Waals surface area (Å²) in [5, 5.41) is 3.22. The Kier molecular flexibility index (Phi) is 4.89. The van der Waals surface area contributed by atoms with Crippen LogP contribution in [0.25, 0.3) is 0 Å². The molecule has 0 aromatic heterocycles. The molecule has 68 valence electrons. The van der Waals surface area contributed by atoms with Gasteiger partial charge >= 0.3 is 29.6 Å². The summed E-state index contributed by atoms with van der Waals surface area (Å²) in [4.78, 5) is 2.49. The summed E-state index contributed by atoms with van der Waals surface area (Å²) in [5.74, 6) is 0.816. The van der Waals surface area contributed by atoms with E-state index >= 15 is 0 Å². The summed E-state index contributed by atoms with van der Waals surface area (Å²) in [6.07, 6.45) is 2.63. The number of hydrogen-bond donors (Lipinski definition) is 1. The molecule has 1 N–H and O–H groups in total. The SMILES string of the molecule is S=C([S-])N[C@H]1CN2CCC1CC2.[Na+]. The van der Waals surface area contributed by atoms with E-state index in [4.69, 9.17) is 24.8 Å². The van der Waals surface area contributed by atoms with Gasteiger partial charge in [0.05, 0.1) is 0 Å². The van der Waals surface area contributed by atoms with Crippen molar-refractivity contribution in [3.63, 3.8) is 0 Å². The maximum atomic E-state index is 4.88. The minimum atomic E-state index is 0. The number of nitrogens with zero attached hydrogens (tertiary/aromatic N) is 1. The van der Waals surface area contributed by atoms with Gasteiger partial charge in [-0.1, -0.05) is 4.32 Å². The summed E-state index contributed by atoms with van der Waals surface area (Å²) >= 11 is 9.75. The van der Waals surface area contributed by atoms with Gasteiger partial charge in [-0.2, -0.15) is 0 Å². The van der Waals surface area contributed by atoms with Gasteiger partial charge in [0.15, 0.2) is 0 Å². The third kappa shape index (κ3) is 3.01. The fourth-order valence-corrected chi connectivity index (χ4v) is 2.58. The average Bonchev–Trinajstić information content (AvgIpc) is 2.05. The topological polar surface area (TPSA) is 15.3 Å². The molecular formula is C8H13N2NaS2. The molecule has 3 aliphatic rings.